The Labute approximate surface area is 272 Å². The molecule has 0 bridgehead atoms. The molecule has 0 saturated heterocycles. The minimum Gasteiger partial charge on any atom is -0.472 e. The fourth-order valence-corrected chi connectivity index (χ4v) is 10.2. The molecule has 1 nitrogen and oxygen atoms in total. The van der Waals surface area contributed by atoms with E-state index >= 15 is 0 Å². The van der Waals surface area contributed by atoms with E-state index in [9.17, 15) is 0 Å². The van der Waals surface area contributed by atoms with Crippen LogP contribution in [0.3, 0.4) is 0 Å². The number of benzene rings is 6. The number of hydrogen-bond acceptors (Lipinski definition) is 1. The molecule has 1 spiro atoms. The maximum Gasteiger partial charge on any atom is 0.178 e. The topological polar surface area (TPSA) is 9.23 Å². The van der Waals surface area contributed by atoms with Crippen molar-refractivity contribution in [1.29, 1.82) is 0 Å². The summed E-state index contributed by atoms with van der Waals surface area (Å²) >= 11 is 0. The zero-order valence-corrected chi connectivity index (χ0v) is 27.2. The van der Waals surface area contributed by atoms with E-state index in [4.69, 9.17) is 4.74 Å². The molecule has 46 heavy (non-hydrogen) atoms. The number of fused-ring (bicyclic) bond motifs is 11. The van der Waals surface area contributed by atoms with Crippen molar-refractivity contribution >= 4 is 27.6 Å². The van der Waals surface area contributed by atoms with E-state index in [0.29, 0.717) is 0 Å². The van der Waals surface area contributed by atoms with Crippen LogP contribution in [-0.4, -0.2) is 0 Å². The molecule has 2 aliphatic carbocycles. The predicted octanol–water partition coefficient (Wildman–Crippen LogP) is 11.8. The van der Waals surface area contributed by atoms with Crippen molar-refractivity contribution < 1.29 is 4.74 Å². The fourth-order valence-electron chi connectivity index (χ4n) is 10.2. The van der Waals surface area contributed by atoms with Crippen molar-refractivity contribution in [1.82, 2.24) is 0 Å². The van der Waals surface area contributed by atoms with E-state index in [0.717, 1.165) is 29.7 Å². The second-order valence-electron chi connectivity index (χ2n) is 15.6. The number of hydrogen-bond donors (Lipinski definition) is 0. The van der Waals surface area contributed by atoms with Crippen molar-refractivity contribution in [2.24, 2.45) is 10.8 Å². The summed E-state index contributed by atoms with van der Waals surface area (Å²) in [5.74, 6) is 1.00. The first kappa shape index (κ1) is 27.7. The van der Waals surface area contributed by atoms with Gasteiger partial charge in [0.15, 0.2) is 5.60 Å². The Bertz CT molecular complexity index is 2200. The first-order chi connectivity index (χ1) is 22.2. The predicted molar refractivity (Wildman–Crippen MR) is 192 cm³/mol. The van der Waals surface area contributed by atoms with Crippen molar-refractivity contribution in [3.8, 4) is 16.9 Å². The molecule has 1 aliphatic heterocycles. The van der Waals surface area contributed by atoms with Gasteiger partial charge in [-0.2, -0.15) is 0 Å². The smallest absolute Gasteiger partial charge is 0.178 e. The molecule has 0 aromatic heterocycles. The van der Waals surface area contributed by atoms with Crippen LogP contribution >= 0.6 is 0 Å². The highest BCUT2D eigenvalue weighted by Gasteiger charge is 2.55. The molecule has 1 atom stereocenters. The summed E-state index contributed by atoms with van der Waals surface area (Å²) in [6, 6.07) is 44.4. The zero-order chi connectivity index (χ0) is 31.3. The Balaban J connectivity index is 1.37. The fraction of sp³-hybridized carbons (Fsp3) is 0.244. The molecule has 0 N–H and O–H groups in total. The van der Waals surface area contributed by atoms with Crippen molar-refractivity contribution in [3.05, 3.63) is 155 Å². The van der Waals surface area contributed by atoms with Gasteiger partial charge in [0.05, 0.1) is 0 Å². The van der Waals surface area contributed by atoms with Crippen LogP contribution in [0.1, 0.15) is 74.8 Å². The minimum absolute atomic E-state index is 0.0886. The maximum atomic E-state index is 7.63. The van der Waals surface area contributed by atoms with Crippen LogP contribution in [0.5, 0.6) is 5.75 Å². The number of rotatable bonds is 2. The Morgan fingerprint density at radius 2 is 1.22 bits per heavy atom. The van der Waals surface area contributed by atoms with Gasteiger partial charge in [-0.25, -0.2) is 0 Å². The molecule has 1 unspecified atom stereocenters. The lowest BCUT2D eigenvalue weighted by molar-refractivity contribution is 0.0642. The van der Waals surface area contributed by atoms with Gasteiger partial charge in [0, 0.05) is 27.5 Å². The second-order valence-corrected chi connectivity index (χ2v) is 15.6. The Hall–Kier alpha value is -4.62. The normalized spacial score (nSPS) is 21.5. The monoisotopic (exact) mass is 596 g/mol. The average molecular weight is 597 g/mol. The van der Waals surface area contributed by atoms with Gasteiger partial charge in [0.1, 0.15) is 5.75 Å². The molecule has 6 aromatic carbocycles. The van der Waals surface area contributed by atoms with Gasteiger partial charge >= 0.3 is 0 Å². The summed E-state index contributed by atoms with van der Waals surface area (Å²) in [6.07, 6.45) is 8.25. The summed E-state index contributed by atoms with van der Waals surface area (Å²) in [4.78, 5) is 0. The lowest BCUT2D eigenvalue weighted by Crippen LogP contribution is -2.44. The largest absolute Gasteiger partial charge is 0.472 e. The SMILES string of the molecule is CC1(C)CC(C)(C)CC2(C1)c1ccccc1-c1c2c2c(c3ccccc13)OC(c1ccccc1)(c1ccc3ccccc3c1)C=C2. The van der Waals surface area contributed by atoms with Gasteiger partial charge in [-0.1, -0.05) is 149 Å². The first-order valence-corrected chi connectivity index (χ1v) is 16.8. The minimum atomic E-state index is -0.765. The molecular formula is C45H40O. The Morgan fingerprint density at radius 3 is 2.00 bits per heavy atom. The molecule has 1 heteroatoms. The highest BCUT2D eigenvalue weighted by atomic mass is 16.5. The van der Waals surface area contributed by atoms with Gasteiger partial charge < -0.3 is 4.74 Å². The highest BCUT2D eigenvalue weighted by Crippen LogP contribution is 2.66. The third-order valence-corrected chi connectivity index (χ3v) is 11.0. The molecule has 0 radical (unpaired) electrons. The third kappa shape index (κ3) is 3.87. The molecule has 3 aliphatic rings. The molecule has 0 amide bonds. The summed E-state index contributed by atoms with van der Waals surface area (Å²) in [5, 5.41) is 4.93. The van der Waals surface area contributed by atoms with Crippen LogP contribution in [0, 0.1) is 10.8 Å². The van der Waals surface area contributed by atoms with Crippen LogP contribution in [0.4, 0.5) is 0 Å². The molecular weight excluding hydrogens is 556 g/mol. The number of ether oxygens (including phenoxy) is 1. The van der Waals surface area contributed by atoms with E-state index in [-0.39, 0.29) is 16.2 Å². The van der Waals surface area contributed by atoms with Gasteiger partial charge in [-0.3, -0.25) is 0 Å². The molecule has 1 fully saturated rings. The maximum absolute atomic E-state index is 7.63. The summed E-state index contributed by atoms with van der Waals surface area (Å²) < 4.78 is 7.63. The van der Waals surface area contributed by atoms with Crippen molar-refractivity contribution in [2.75, 3.05) is 0 Å². The molecule has 1 heterocycles. The summed E-state index contributed by atoms with van der Waals surface area (Å²) in [6.45, 7) is 9.93. The molecule has 9 rings (SSSR count). The second kappa shape index (κ2) is 9.46. The van der Waals surface area contributed by atoms with E-state index < -0.39 is 5.60 Å². The Morgan fingerprint density at radius 1 is 0.565 bits per heavy atom. The van der Waals surface area contributed by atoms with Crippen LogP contribution < -0.4 is 4.74 Å². The van der Waals surface area contributed by atoms with Crippen molar-refractivity contribution in [2.45, 2.75) is 58.0 Å². The highest BCUT2D eigenvalue weighted by molar-refractivity contribution is 6.08. The van der Waals surface area contributed by atoms with E-state index in [1.54, 1.807) is 0 Å². The molecule has 1 saturated carbocycles. The third-order valence-electron chi connectivity index (χ3n) is 11.0. The summed E-state index contributed by atoms with van der Waals surface area (Å²) in [5.41, 5.74) is 8.85. The first-order valence-electron chi connectivity index (χ1n) is 16.8. The zero-order valence-electron chi connectivity index (χ0n) is 27.2. The Kier molecular flexibility index (Phi) is 5.69. The van der Waals surface area contributed by atoms with E-state index in [1.165, 1.54) is 55.8 Å². The van der Waals surface area contributed by atoms with Gasteiger partial charge in [-0.05, 0) is 80.6 Å². The molecule has 6 aromatic rings. The lowest BCUT2D eigenvalue weighted by atomic mass is 9.52. The average Bonchev–Trinajstić information content (AvgIpc) is 3.32. The van der Waals surface area contributed by atoms with Crippen LogP contribution in [0.15, 0.2) is 127 Å². The van der Waals surface area contributed by atoms with Gasteiger partial charge in [-0.15, -0.1) is 0 Å². The standard InChI is InChI=1S/C45H40O/c1-42(2)27-43(3,4)29-44(28-42)38-21-13-12-20-36(38)39-34-18-10-11-19-35(34)41-37(40(39)44)24-25-45(46-41,32-16-6-5-7-17-32)33-23-22-30-14-8-9-15-31(30)26-33/h5-26H,27-29H2,1-4H3. The van der Waals surface area contributed by atoms with E-state index in [2.05, 4.69) is 161 Å². The lowest BCUT2D eigenvalue weighted by Gasteiger charge is -2.52. The van der Waals surface area contributed by atoms with E-state index in [1.807, 2.05) is 0 Å². The van der Waals surface area contributed by atoms with Crippen LogP contribution in [0.25, 0.3) is 38.7 Å². The van der Waals surface area contributed by atoms with Gasteiger partial charge in [0.2, 0.25) is 0 Å². The van der Waals surface area contributed by atoms with Crippen molar-refractivity contribution in [3.63, 3.8) is 0 Å². The quantitative estimate of drug-likeness (QED) is 0.193. The van der Waals surface area contributed by atoms with Crippen LogP contribution in [-0.2, 0) is 11.0 Å². The van der Waals surface area contributed by atoms with Crippen LogP contribution in [0.2, 0.25) is 0 Å². The summed E-state index contributed by atoms with van der Waals surface area (Å²) in [7, 11) is 0. The molecule has 226 valence electrons. The van der Waals surface area contributed by atoms with Gasteiger partial charge in [0.25, 0.3) is 0 Å².